The number of benzene rings is 1. The van der Waals surface area contributed by atoms with Crippen LogP contribution in [0.2, 0.25) is 0 Å². The van der Waals surface area contributed by atoms with Crippen molar-refractivity contribution in [3.05, 3.63) is 59.3 Å². The molecule has 0 aliphatic carbocycles. The Hall–Kier alpha value is -1.83. The highest BCUT2D eigenvalue weighted by atomic mass is 127. The van der Waals surface area contributed by atoms with Crippen LogP contribution in [-0.2, 0) is 19.5 Å². The van der Waals surface area contributed by atoms with Crippen molar-refractivity contribution in [3.8, 4) is 5.88 Å². The summed E-state index contributed by atoms with van der Waals surface area (Å²) in [7, 11) is 1.61. The molecule has 0 saturated heterocycles. The summed E-state index contributed by atoms with van der Waals surface area (Å²) in [6.07, 6.45) is 2.82. The molecule has 0 saturated carbocycles. The monoisotopic (exact) mass is 454 g/mol. The summed E-state index contributed by atoms with van der Waals surface area (Å²) >= 11 is 0. The van der Waals surface area contributed by atoms with Crippen LogP contribution in [0.3, 0.4) is 0 Å². The lowest BCUT2D eigenvalue weighted by atomic mass is 10.1. The fourth-order valence-corrected chi connectivity index (χ4v) is 2.39. The van der Waals surface area contributed by atoms with Crippen molar-refractivity contribution in [1.29, 1.82) is 0 Å². The molecule has 136 valence electrons. The van der Waals surface area contributed by atoms with E-state index in [1.165, 1.54) is 11.1 Å². The van der Waals surface area contributed by atoms with Gasteiger partial charge in [0.25, 0.3) is 0 Å². The highest BCUT2D eigenvalue weighted by Gasteiger charge is 2.02. The predicted octanol–water partition coefficient (Wildman–Crippen LogP) is 3.53. The van der Waals surface area contributed by atoms with Crippen molar-refractivity contribution < 1.29 is 4.74 Å². The van der Waals surface area contributed by atoms with Crippen LogP contribution in [-0.4, -0.2) is 24.6 Å². The van der Waals surface area contributed by atoms with E-state index >= 15 is 0 Å². The Bertz CT molecular complexity index is 659. The lowest BCUT2D eigenvalue weighted by Crippen LogP contribution is -2.37. The molecule has 25 heavy (non-hydrogen) atoms. The van der Waals surface area contributed by atoms with Crippen molar-refractivity contribution in [1.82, 2.24) is 15.6 Å². The normalized spacial score (nSPS) is 10.8. The van der Waals surface area contributed by atoms with Gasteiger partial charge in [0.05, 0.1) is 13.7 Å². The van der Waals surface area contributed by atoms with Crippen molar-refractivity contribution in [2.45, 2.75) is 33.4 Å². The molecule has 6 heteroatoms. The molecule has 0 spiro atoms. The molecule has 0 atom stereocenters. The Morgan fingerprint density at radius 2 is 1.84 bits per heavy atom. The minimum atomic E-state index is 0. The van der Waals surface area contributed by atoms with Gasteiger partial charge in [-0.1, -0.05) is 37.3 Å². The SMILES string of the molecule is CCNC(=NCc1ccc(OC)nc1)NCc1ccccc1CC.I. The molecule has 0 fully saturated rings. The number of guanidine groups is 1. The largest absolute Gasteiger partial charge is 0.481 e. The number of aryl methyl sites for hydroxylation is 1. The molecular weight excluding hydrogens is 427 g/mol. The van der Waals surface area contributed by atoms with Crippen molar-refractivity contribution >= 4 is 29.9 Å². The van der Waals surface area contributed by atoms with Crippen LogP contribution < -0.4 is 15.4 Å². The number of nitrogens with one attached hydrogen (secondary N) is 2. The van der Waals surface area contributed by atoms with Crippen LogP contribution in [0.4, 0.5) is 0 Å². The molecule has 0 amide bonds. The number of pyridine rings is 1. The van der Waals surface area contributed by atoms with E-state index < -0.39 is 0 Å². The number of hydrogen-bond donors (Lipinski definition) is 2. The highest BCUT2D eigenvalue weighted by molar-refractivity contribution is 14.0. The van der Waals surface area contributed by atoms with E-state index in [0.29, 0.717) is 12.4 Å². The third-order valence-electron chi connectivity index (χ3n) is 3.72. The number of nitrogens with zero attached hydrogens (tertiary/aromatic N) is 2. The summed E-state index contributed by atoms with van der Waals surface area (Å²) in [5.41, 5.74) is 3.71. The molecule has 1 heterocycles. The van der Waals surface area contributed by atoms with Crippen LogP contribution in [0.1, 0.15) is 30.5 Å². The molecule has 5 nitrogen and oxygen atoms in total. The van der Waals surface area contributed by atoms with Gasteiger partial charge >= 0.3 is 0 Å². The highest BCUT2D eigenvalue weighted by Crippen LogP contribution is 2.09. The first-order chi connectivity index (χ1) is 11.8. The maximum Gasteiger partial charge on any atom is 0.212 e. The second kappa shape index (κ2) is 11.7. The van der Waals surface area contributed by atoms with E-state index in [1.807, 2.05) is 12.1 Å². The molecule has 0 bridgehead atoms. The van der Waals surface area contributed by atoms with Crippen molar-refractivity contribution in [2.24, 2.45) is 4.99 Å². The van der Waals surface area contributed by atoms with Crippen LogP contribution >= 0.6 is 24.0 Å². The van der Waals surface area contributed by atoms with E-state index in [0.717, 1.165) is 31.0 Å². The van der Waals surface area contributed by atoms with Gasteiger partial charge in [-0.05, 0) is 30.0 Å². The van der Waals surface area contributed by atoms with Gasteiger partial charge in [-0.15, -0.1) is 24.0 Å². The number of methoxy groups -OCH3 is 1. The molecule has 0 aliphatic rings. The van der Waals surface area contributed by atoms with Crippen LogP contribution in [0.5, 0.6) is 5.88 Å². The Morgan fingerprint density at radius 1 is 1.08 bits per heavy atom. The fraction of sp³-hybridized carbons (Fsp3) is 0.368. The molecular formula is C19H27IN4O. The summed E-state index contributed by atoms with van der Waals surface area (Å²) < 4.78 is 5.07. The van der Waals surface area contributed by atoms with E-state index in [4.69, 9.17) is 4.74 Å². The molecule has 0 aliphatic heterocycles. The number of aromatic nitrogens is 1. The molecule has 1 aromatic carbocycles. The Morgan fingerprint density at radius 3 is 2.44 bits per heavy atom. The van der Waals surface area contributed by atoms with E-state index in [2.05, 4.69) is 58.7 Å². The molecule has 2 rings (SSSR count). The molecule has 0 radical (unpaired) electrons. The standard InChI is InChI=1S/C19H26N4O.HI/c1-4-16-8-6-7-9-17(16)14-23-19(20-5-2)22-13-15-10-11-18(24-3)21-12-15;/h6-12H,4-5,13-14H2,1-3H3,(H2,20,22,23);1H. The first-order valence-corrected chi connectivity index (χ1v) is 8.34. The summed E-state index contributed by atoms with van der Waals surface area (Å²) in [6, 6.07) is 12.3. The summed E-state index contributed by atoms with van der Waals surface area (Å²) in [5.74, 6) is 1.42. The lowest BCUT2D eigenvalue weighted by Gasteiger charge is -2.13. The van der Waals surface area contributed by atoms with E-state index in [9.17, 15) is 0 Å². The third kappa shape index (κ3) is 6.89. The molecule has 0 unspecified atom stereocenters. The van der Waals surface area contributed by atoms with Gasteiger partial charge in [-0.25, -0.2) is 9.98 Å². The maximum absolute atomic E-state index is 5.07. The average molecular weight is 454 g/mol. The zero-order valence-corrected chi connectivity index (χ0v) is 17.4. The van der Waals surface area contributed by atoms with Crippen molar-refractivity contribution in [2.75, 3.05) is 13.7 Å². The second-order valence-electron chi connectivity index (χ2n) is 5.38. The smallest absolute Gasteiger partial charge is 0.212 e. The lowest BCUT2D eigenvalue weighted by molar-refractivity contribution is 0.397. The number of ether oxygens (including phenoxy) is 1. The summed E-state index contributed by atoms with van der Waals surface area (Å²) in [5, 5.41) is 6.68. The molecule has 2 aromatic rings. The van der Waals surface area contributed by atoms with Crippen LogP contribution in [0, 0.1) is 0 Å². The number of halogens is 1. The first-order valence-electron chi connectivity index (χ1n) is 8.34. The zero-order chi connectivity index (χ0) is 17.2. The second-order valence-corrected chi connectivity index (χ2v) is 5.38. The maximum atomic E-state index is 5.07. The van der Waals surface area contributed by atoms with Gasteiger partial charge in [-0.3, -0.25) is 0 Å². The average Bonchev–Trinajstić information content (AvgIpc) is 2.64. The van der Waals surface area contributed by atoms with Gasteiger partial charge in [0.15, 0.2) is 5.96 Å². The quantitative estimate of drug-likeness (QED) is 0.382. The third-order valence-corrected chi connectivity index (χ3v) is 3.72. The summed E-state index contributed by atoms with van der Waals surface area (Å²) in [6.45, 7) is 6.39. The van der Waals surface area contributed by atoms with Crippen LogP contribution in [0.15, 0.2) is 47.6 Å². The first kappa shape index (κ1) is 21.2. The number of hydrogen-bond acceptors (Lipinski definition) is 3. The van der Waals surface area contributed by atoms with Gasteiger partial charge in [0.1, 0.15) is 0 Å². The fourth-order valence-electron chi connectivity index (χ4n) is 2.39. The topological polar surface area (TPSA) is 58.5 Å². The minimum absolute atomic E-state index is 0. The Kier molecular flexibility index (Phi) is 9.91. The minimum Gasteiger partial charge on any atom is -0.481 e. The number of rotatable bonds is 7. The van der Waals surface area contributed by atoms with Crippen molar-refractivity contribution in [3.63, 3.8) is 0 Å². The van der Waals surface area contributed by atoms with Gasteiger partial charge in [0, 0.05) is 25.4 Å². The van der Waals surface area contributed by atoms with Gasteiger partial charge in [0.2, 0.25) is 5.88 Å². The van der Waals surface area contributed by atoms with Crippen LogP contribution in [0.25, 0.3) is 0 Å². The zero-order valence-electron chi connectivity index (χ0n) is 15.1. The molecule has 1 aromatic heterocycles. The molecule has 2 N–H and O–H groups in total. The van der Waals surface area contributed by atoms with E-state index in [-0.39, 0.29) is 24.0 Å². The van der Waals surface area contributed by atoms with E-state index in [1.54, 1.807) is 13.3 Å². The number of aliphatic imine (C=N–C) groups is 1. The Labute approximate surface area is 167 Å². The predicted molar refractivity (Wildman–Crippen MR) is 114 cm³/mol. The van der Waals surface area contributed by atoms with Gasteiger partial charge in [-0.2, -0.15) is 0 Å². The Balaban J connectivity index is 0.00000312. The van der Waals surface area contributed by atoms with Gasteiger partial charge < -0.3 is 15.4 Å². The summed E-state index contributed by atoms with van der Waals surface area (Å²) in [4.78, 5) is 8.83.